The zero-order valence-electron chi connectivity index (χ0n) is 13.5. The van der Waals surface area contributed by atoms with Gasteiger partial charge in [0.15, 0.2) is 0 Å². The van der Waals surface area contributed by atoms with E-state index in [9.17, 15) is 0 Å². The van der Waals surface area contributed by atoms with E-state index in [2.05, 4.69) is 33.8 Å². The fourth-order valence-corrected chi connectivity index (χ4v) is 2.53. The lowest BCUT2D eigenvalue weighted by Gasteiger charge is -2.22. The van der Waals surface area contributed by atoms with Gasteiger partial charge in [-0.1, -0.05) is 53.4 Å². The summed E-state index contributed by atoms with van der Waals surface area (Å²) in [7, 11) is 0. The van der Waals surface area contributed by atoms with E-state index in [0.717, 1.165) is 18.8 Å². The SMILES string of the molecule is CCCC[C@H](CC)CC[C@H](CC(C)C)OCCC#N. The van der Waals surface area contributed by atoms with Crippen LogP contribution in [0.2, 0.25) is 0 Å². The lowest BCUT2D eigenvalue weighted by atomic mass is 9.91. The van der Waals surface area contributed by atoms with Gasteiger partial charge < -0.3 is 4.74 Å². The van der Waals surface area contributed by atoms with Crippen LogP contribution in [0.15, 0.2) is 0 Å². The van der Waals surface area contributed by atoms with Crippen LogP contribution in [0.5, 0.6) is 0 Å². The number of nitriles is 1. The quantitative estimate of drug-likeness (QED) is 0.448. The zero-order chi connectivity index (χ0) is 14.5. The lowest BCUT2D eigenvalue weighted by Crippen LogP contribution is -2.18. The monoisotopic (exact) mass is 267 g/mol. The van der Waals surface area contributed by atoms with Gasteiger partial charge in [-0.2, -0.15) is 5.26 Å². The third-order valence-electron chi connectivity index (χ3n) is 3.74. The van der Waals surface area contributed by atoms with Gasteiger partial charge in [0.2, 0.25) is 0 Å². The molecule has 0 bridgehead atoms. The van der Waals surface area contributed by atoms with Crippen molar-refractivity contribution in [2.24, 2.45) is 11.8 Å². The molecule has 0 aromatic heterocycles. The fourth-order valence-electron chi connectivity index (χ4n) is 2.53. The number of rotatable bonds is 12. The van der Waals surface area contributed by atoms with E-state index in [4.69, 9.17) is 10.00 Å². The molecule has 0 aliphatic heterocycles. The van der Waals surface area contributed by atoms with Gasteiger partial charge in [-0.3, -0.25) is 0 Å². The predicted octanol–water partition coefficient (Wildman–Crippen LogP) is 5.33. The van der Waals surface area contributed by atoms with Crippen molar-refractivity contribution in [3.63, 3.8) is 0 Å². The normalized spacial score (nSPS) is 14.3. The van der Waals surface area contributed by atoms with Crippen LogP contribution in [0, 0.1) is 23.2 Å². The summed E-state index contributed by atoms with van der Waals surface area (Å²) >= 11 is 0. The van der Waals surface area contributed by atoms with Gasteiger partial charge in [0.1, 0.15) is 0 Å². The topological polar surface area (TPSA) is 33.0 Å². The number of hydrogen-bond donors (Lipinski definition) is 0. The van der Waals surface area contributed by atoms with Crippen molar-refractivity contribution in [1.29, 1.82) is 5.26 Å². The molecule has 2 atom stereocenters. The second kappa shape index (κ2) is 12.5. The highest BCUT2D eigenvalue weighted by Crippen LogP contribution is 2.22. The van der Waals surface area contributed by atoms with E-state index >= 15 is 0 Å². The molecule has 0 unspecified atom stereocenters. The van der Waals surface area contributed by atoms with Crippen LogP contribution in [0.25, 0.3) is 0 Å². The molecular formula is C17H33NO. The fraction of sp³-hybridized carbons (Fsp3) is 0.941. The van der Waals surface area contributed by atoms with Crippen LogP contribution in [0.3, 0.4) is 0 Å². The molecule has 19 heavy (non-hydrogen) atoms. The summed E-state index contributed by atoms with van der Waals surface area (Å²) in [5.74, 6) is 1.52. The Bertz CT molecular complexity index is 232. The number of unbranched alkanes of at least 4 members (excludes halogenated alkanes) is 1. The average Bonchev–Trinajstić information content (AvgIpc) is 2.38. The lowest BCUT2D eigenvalue weighted by molar-refractivity contribution is 0.0322. The summed E-state index contributed by atoms with van der Waals surface area (Å²) in [6.45, 7) is 9.65. The average molecular weight is 267 g/mol. The predicted molar refractivity (Wildman–Crippen MR) is 82.0 cm³/mol. The van der Waals surface area contributed by atoms with Crippen molar-refractivity contribution < 1.29 is 4.74 Å². The van der Waals surface area contributed by atoms with Gasteiger partial charge in [0.05, 0.1) is 25.2 Å². The van der Waals surface area contributed by atoms with E-state index in [0.29, 0.717) is 25.0 Å². The second-order valence-electron chi connectivity index (χ2n) is 6.02. The molecule has 0 rings (SSSR count). The van der Waals surface area contributed by atoms with Gasteiger partial charge >= 0.3 is 0 Å². The van der Waals surface area contributed by atoms with Crippen LogP contribution in [0.1, 0.15) is 79.1 Å². The molecule has 0 saturated heterocycles. The Kier molecular flexibility index (Phi) is 12.1. The number of ether oxygens (including phenoxy) is 1. The molecule has 0 aliphatic carbocycles. The zero-order valence-corrected chi connectivity index (χ0v) is 13.5. The van der Waals surface area contributed by atoms with Gasteiger partial charge in [0.25, 0.3) is 0 Å². The summed E-state index contributed by atoms with van der Waals surface area (Å²) < 4.78 is 5.87. The van der Waals surface area contributed by atoms with Crippen molar-refractivity contribution >= 4 is 0 Å². The molecule has 0 aromatic rings. The Morgan fingerprint density at radius 1 is 1.11 bits per heavy atom. The maximum atomic E-state index is 8.58. The molecule has 2 nitrogen and oxygen atoms in total. The summed E-state index contributed by atoms with van der Waals surface area (Å²) in [6.07, 6.45) is 9.72. The van der Waals surface area contributed by atoms with E-state index in [1.54, 1.807) is 0 Å². The molecule has 0 aromatic carbocycles. The van der Waals surface area contributed by atoms with Gasteiger partial charge in [-0.05, 0) is 31.1 Å². The molecule has 0 fully saturated rings. The van der Waals surface area contributed by atoms with Crippen LogP contribution in [-0.4, -0.2) is 12.7 Å². The van der Waals surface area contributed by atoms with Gasteiger partial charge in [-0.25, -0.2) is 0 Å². The van der Waals surface area contributed by atoms with E-state index in [1.807, 2.05) is 0 Å². The first kappa shape index (κ1) is 18.4. The van der Waals surface area contributed by atoms with Gasteiger partial charge in [-0.15, -0.1) is 0 Å². The van der Waals surface area contributed by atoms with E-state index in [-0.39, 0.29) is 0 Å². The summed E-state index contributed by atoms with van der Waals surface area (Å²) in [6, 6.07) is 2.16. The van der Waals surface area contributed by atoms with E-state index < -0.39 is 0 Å². The first-order valence-corrected chi connectivity index (χ1v) is 8.12. The molecule has 0 heterocycles. The van der Waals surface area contributed by atoms with Crippen LogP contribution in [-0.2, 0) is 4.74 Å². The third-order valence-corrected chi connectivity index (χ3v) is 3.74. The molecule has 0 spiro atoms. The minimum atomic E-state index is 0.351. The van der Waals surface area contributed by atoms with Gasteiger partial charge in [0, 0.05) is 0 Å². The minimum absolute atomic E-state index is 0.351. The Morgan fingerprint density at radius 3 is 2.37 bits per heavy atom. The van der Waals surface area contributed by atoms with Crippen molar-refractivity contribution in [3.8, 4) is 6.07 Å². The molecule has 0 amide bonds. The Labute approximate surface area is 120 Å². The highest BCUT2D eigenvalue weighted by molar-refractivity contribution is 4.70. The van der Waals surface area contributed by atoms with Crippen LogP contribution in [0.4, 0.5) is 0 Å². The summed E-state index contributed by atoms with van der Waals surface area (Å²) in [5, 5.41) is 8.58. The second-order valence-corrected chi connectivity index (χ2v) is 6.02. The molecule has 0 saturated carbocycles. The number of hydrogen-bond acceptors (Lipinski definition) is 2. The molecule has 112 valence electrons. The standard InChI is InChI=1S/C17H33NO/c1-5-7-9-16(6-2)10-11-17(14-15(3)4)19-13-8-12-18/h15-17H,5-11,13-14H2,1-4H3/t16-,17+/m0/s1. The molecular weight excluding hydrogens is 234 g/mol. The van der Waals surface area contributed by atoms with Crippen molar-refractivity contribution in [2.75, 3.05) is 6.61 Å². The Balaban J connectivity index is 4.03. The smallest absolute Gasteiger partial charge is 0.0645 e. The molecule has 0 radical (unpaired) electrons. The number of nitrogens with zero attached hydrogens (tertiary/aromatic N) is 1. The molecule has 0 aliphatic rings. The minimum Gasteiger partial charge on any atom is -0.377 e. The highest BCUT2D eigenvalue weighted by Gasteiger charge is 2.14. The van der Waals surface area contributed by atoms with Crippen molar-refractivity contribution in [3.05, 3.63) is 0 Å². The maximum absolute atomic E-state index is 8.58. The van der Waals surface area contributed by atoms with Crippen LogP contribution >= 0.6 is 0 Å². The Hall–Kier alpha value is -0.550. The highest BCUT2D eigenvalue weighted by atomic mass is 16.5. The van der Waals surface area contributed by atoms with Crippen LogP contribution < -0.4 is 0 Å². The summed E-state index contributed by atoms with van der Waals surface area (Å²) in [5.41, 5.74) is 0. The largest absolute Gasteiger partial charge is 0.377 e. The maximum Gasteiger partial charge on any atom is 0.0645 e. The third kappa shape index (κ3) is 11.0. The Morgan fingerprint density at radius 2 is 1.84 bits per heavy atom. The first-order chi connectivity index (χ1) is 9.13. The first-order valence-electron chi connectivity index (χ1n) is 8.12. The van der Waals surface area contributed by atoms with Crippen molar-refractivity contribution in [1.82, 2.24) is 0 Å². The molecule has 0 N–H and O–H groups in total. The molecule has 2 heteroatoms. The van der Waals surface area contributed by atoms with Crippen molar-refractivity contribution in [2.45, 2.75) is 85.2 Å². The van der Waals surface area contributed by atoms with E-state index in [1.165, 1.54) is 32.1 Å². The summed E-state index contributed by atoms with van der Waals surface area (Å²) in [4.78, 5) is 0.